The van der Waals surface area contributed by atoms with Gasteiger partial charge in [-0.05, 0) is 112 Å². The lowest BCUT2D eigenvalue weighted by Gasteiger charge is -2.43. The number of aliphatic hydroxyl groups is 1. The van der Waals surface area contributed by atoms with E-state index in [9.17, 15) is 19.5 Å². The number of nitrogens with zero attached hydrogens (tertiary/aromatic N) is 8. The molecule has 2 unspecified atom stereocenters. The van der Waals surface area contributed by atoms with Crippen LogP contribution in [-0.4, -0.2) is 91.9 Å². The molecule has 5 aromatic rings. The van der Waals surface area contributed by atoms with Crippen LogP contribution in [0, 0.1) is 5.92 Å². The summed E-state index contributed by atoms with van der Waals surface area (Å²) in [4.78, 5) is 59.2. The molecule has 312 valence electrons. The average Bonchev–Trinajstić information content (AvgIpc) is 3.74. The van der Waals surface area contributed by atoms with Gasteiger partial charge in [-0.2, -0.15) is 4.98 Å². The number of hydrogen-bond donors (Lipinski definition) is 3. The maximum atomic E-state index is 13.6. The number of imide groups is 1. The number of rotatable bonds is 11. The van der Waals surface area contributed by atoms with E-state index in [0.717, 1.165) is 75.2 Å². The highest BCUT2D eigenvalue weighted by molar-refractivity contribution is 6.01. The summed E-state index contributed by atoms with van der Waals surface area (Å²) in [5.74, 6) is 0.901. The molecule has 2 amide bonds. The van der Waals surface area contributed by atoms with E-state index < -0.39 is 5.60 Å². The lowest BCUT2D eigenvalue weighted by Crippen LogP contribution is -2.52. The molecule has 0 bridgehead atoms. The number of nitrogens with one attached hydrogen (secondary N) is 2. The number of carbonyl (C=O) groups is 2. The second-order valence-electron chi connectivity index (χ2n) is 17.0. The summed E-state index contributed by atoms with van der Waals surface area (Å²) >= 11 is 0. The van der Waals surface area contributed by atoms with Crippen LogP contribution < -0.4 is 26.0 Å². The Labute approximate surface area is 349 Å². The fourth-order valence-electron chi connectivity index (χ4n) is 9.67. The second kappa shape index (κ2) is 16.3. The van der Waals surface area contributed by atoms with Gasteiger partial charge in [0.15, 0.2) is 11.5 Å². The zero-order valence-electron chi connectivity index (χ0n) is 34.5. The van der Waals surface area contributed by atoms with Gasteiger partial charge in [0.1, 0.15) is 11.0 Å². The molecule has 3 aromatic heterocycles. The first kappa shape index (κ1) is 39.6. The van der Waals surface area contributed by atoms with Crippen molar-refractivity contribution in [1.29, 1.82) is 0 Å². The highest BCUT2D eigenvalue weighted by atomic mass is 16.3. The van der Waals surface area contributed by atoms with Crippen LogP contribution in [0.1, 0.15) is 74.6 Å². The summed E-state index contributed by atoms with van der Waals surface area (Å²) in [5, 5.41) is 17.5. The average molecular weight is 811 g/mol. The van der Waals surface area contributed by atoms with Crippen molar-refractivity contribution in [3.8, 4) is 5.82 Å². The maximum absolute atomic E-state index is 13.6. The van der Waals surface area contributed by atoms with E-state index in [-0.39, 0.29) is 29.8 Å². The lowest BCUT2D eigenvalue weighted by molar-refractivity contribution is -0.134. The van der Waals surface area contributed by atoms with Gasteiger partial charge in [-0.15, -0.1) is 6.58 Å². The van der Waals surface area contributed by atoms with Gasteiger partial charge in [0.05, 0.1) is 18.2 Å². The Morgan fingerprint density at radius 1 is 0.917 bits per heavy atom. The van der Waals surface area contributed by atoms with E-state index in [4.69, 9.17) is 9.97 Å². The number of benzene rings is 2. The first-order valence-electron chi connectivity index (χ1n) is 21.4. The van der Waals surface area contributed by atoms with Crippen molar-refractivity contribution in [2.75, 3.05) is 54.9 Å². The molecule has 3 fully saturated rings. The summed E-state index contributed by atoms with van der Waals surface area (Å²) in [7, 11) is 2.25. The smallest absolute Gasteiger partial charge is 0.278 e. The zero-order chi connectivity index (χ0) is 41.5. The number of fused-ring (bicyclic) bond motifs is 2. The molecule has 14 nitrogen and oxygen atoms in total. The molecule has 0 spiro atoms. The normalized spacial score (nSPS) is 22.6. The summed E-state index contributed by atoms with van der Waals surface area (Å²) in [6.07, 6.45) is 9.59. The van der Waals surface area contributed by atoms with Gasteiger partial charge >= 0.3 is 0 Å². The van der Waals surface area contributed by atoms with Crippen molar-refractivity contribution in [2.24, 2.45) is 5.92 Å². The fraction of sp³-hybridized carbons (Fsp3) is 0.435. The molecule has 3 N–H and O–H groups in total. The van der Waals surface area contributed by atoms with Crippen LogP contribution >= 0.6 is 0 Å². The molecule has 3 atom stereocenters. The summed E-state index contributed by atoms with van der Waals surface area (Å²) in [6, 6.07) is 21.1. The third kappa shape index (κ3) is 7.58. The highest BCUT2D eigenvalue weighted by Crippen LogP contribution is 2.39. The molecular formula is C46H54N10O4. The van der Waals surface area contributed by atoms with Crippen molar-refractivity contribution >= 4 is 45.9 Å². The molecule has 14 heteroatoms. The predicted octanol–water partition coefficient (Wildman–Crippen LogP) is 5.40. The molecular weight excluding hydrogens is 757 g/mol. The third-order valence-electron chi connectivity index (χ3n) is 13.4. The van der Waals surface area contributed by atoms with Crippen LogP contribution in [0.3, 0.4) is 0 Å². The van der Waals surface area contributed by atoms with Gasteiger partial charge in [0.25, 0.3) is 5.56 Å². The van der Waals surface area contributed by atoms with Crippen molar-refractivity contribution in [3.63, 3.8) is 0 Å². The monoisotopic (exact) mass is 810 g/mol. The molecule has 1 aliphatic carbocycles. The molecule has 2 aromatic carbocycles. The van der Waals surface area contributed by atoms with E-state index in [2.05, 4.69) is 68.2 Å². The van der Waals surface area contributed by atoms with E-state index in [0.29, 0.717) is 66.1 Å². The molecule has 3 saturated heterocycles. The third-order valence-corrected chi connectivity index (χ3v) is 13.4. The first-order chi connectivity index (χ1) is 29.1. The van der Waals surface area contributed by atoms with Gasteiger partial charge < -0.3 is 20.2 Å². The first-order valence-corrected chi connectivity index (χ1v) is 21.4. The summed E-state index contributed by atoms with van der Waals surface area (Å²) < 4.78 is 3.27. The van der Waals surface area contributed by atoms with Crippen molar-refractivity contribution in [1.82, 2.24) is 34.5 Å². The number of amides is 2. The van der Waals surface area contributed by atoms with E-state index in [1.54, 1.807) is 21.6 Å². The summed E-state index contributed by atoms with van der Waals surface area (Å²) in [5.41, 5.74) is 5.07. The molecule has 4 aliphatic rings. The van der Waals surface area contributed by atoms with Gasteiger partial charge in [0.2, 0.25) is 17.8 Å². The SMILES string of the molecule is C=CCn1c(=O)c2cnc(Nc3ccc(N4CCN(C)C(CC5CCN(c6ccc(C7CCC(=O)NC7=O)cc6)CC5)C4)cc3)nc2n1-c1ccc2c(n1)[C@@](O)(CC)CC2. The van der Waals surface area contributed by atoms with Crippen LogP contribution in [0.25, 0.3) is 16.9 Å². The van der Waals surface area contributed by atoms with Gasteiger partial charge in [0, 0.05) is 68.4 Å². The summed E-state index contributed by atoms with van der Waals surface area (Å²) in [6.45, 7) is 11.0. The standard InChI is InChI=1S/C46H54N10O4/c1-4-22-55-44(59)38-28-47-45(51-42(38)56(55)39-16-8-32-18-21-46(60,5-2)41(32)49-39)48-33-9-13-35(14-10-33)54-26-25-52(3)36(29-54)27-30-19-23-53(24-20-30)34-11-6-31(7-12-34)37-15-17-40(57)50-43(37)58/h4,6-14,16,28,30,36-37,60H,1,5,15,17-27,29H2,2-3H3,(H,47,48,51)(H,50,57,58)/t36?,37?,46-/m1/s1. The number of aromatic nitrogens is 5. The Balaban J connectivity index is 0.837. The fourth-order valence-corrected chi connectivity index (χ4v) is 9.67. The van der Waals surface area contributed by atoms with Gasteiger partial charge in [-0.25, -0.2) is 19.3 Å². The van der Waals surface area contributed by atoms with Crippen LogP contribution in [0.5, 0.6) is 0 Å². The van der Waals surface area contributed by atoms with E-state index >= 15 is 0 Å². The minimum absolute atomic E-state index is 0.183. The number of piperazine rings is 1. The Hall–Kier alpha value is -5.86. The van der Waals surface area contributed by atoms with Crippen molar-refractivity contribution in [3.05, 3.63) is 107 Å². The molecule has 3 aliphatic heterocycles. The maximum Gasteiger partial charge on any atom is 0.278 e. The molecule has 0 radical (unpaired) electrons. The Morgan fingerprint density at radius 3 is 2.40 bits per heavy atom. The van der Waals surface area contributed by atoms with Crippen molar-refractivity contribution in [2.45, 2.75) is 82.4 Å². The number of carbonyl (C=O) groups excluding carboxylic acids is 2. The van der Waals surface area contributed by atoms with Crippen LogP contribution in [0.2, 0.25) is 0 Å². The van der Waals surface area contributed by atoms with Crippen LogP contribution in [0.15, 0.2) is 84.3 Å². The quantitative estimate of drug-likeness (QED) is 0.116. The number of hydrogen-bond acceptors (Lipinski definition) is 11. The van der Waals surface area contributed by atoms with Gasteiger partial charge in [-0.3, -0.25) is 24.6 Å². The Bertz CT molecular complexity index is 2470. The Morgan fingerprint density at radius 2 is 1.67 bits per heavy atom. The number of pyridine rings is 1. The molecule has 0 saturated carbocycles. The zero-order valence-corrected chi connectivity index (χ0v) is 34.5. The topological polar surface area (TPSA) is 154 Å². The lowest BCUT2D eigenvalue weighted by atomic mass is 9.88. The number of piperidine rings is 2. The Kier molecular flexibility index (Phi) is 10.8. The number of anilines is 4. The largest absolute Gasteiger partial charge is 0.384 e. The van der Waals surface area contributed by atoms with Crippen LogP contribution in [0.4, 0.5) is 23.0 Å². The van der Waals surface area contributed by atoms with Gasteiger partial charge in [-0.1, -0.05) is 31.2 Å². The van der Waals surface area contributed by atoms with E-state index in [1.807, 2.05) is 43.3 Å². The van der Waals surface area contributed by atoms with Crippen LogP contribution in [-0.2, 0) is 28.2 Å². The highest BCUT2D eigenvalue weighted by Gasteiger charge is 2.37. The predicted molar refractivity (Wildman–Crippen MR) is 233 cm³/mol. The minimum atomic E-state index is -0.991. The number of likely N-dealkylation sites (N-methyl/N-ethyl adjacent to an activating group) is 1. The minimum Gasteiger partial charge on any atom is -0.384 e. The number of aryl methyl sites for hydroxylation is 1. The van der Waals surface area contributed by atoms with Crippen molar-refractivity contribution < 1.29 is 14.7 Å². The molecule has 9 rings (SSSR count). The number of allylic oxidation sites excluding steroid dienone is 1. The molecule has 6 heterocycles. The van der Waals surface area contributed by atoms with E-state index in [1.165, 1.54) is 11.4 Å². The molecule has 60 heavy (non-hydrogen) atoms. The second-order valence-corrected chi connectivity index (χ2v) is 17.0.